The molecule has 2 heterocycles. The van der Waals surface area contributed by atoms with Crippen LogP contribution in [0.3, 0.4) is 0 Å². The first kappa shape index (κ1) is 24.3. The van der Waals surface area contributed by atoms with Gasteiger partial charge < -0.3 is 4.42 Å². The predicted octanol–water partition coefficient (Wildman–Crippen LogP) is 7.39. The smallest absolute Gasteiger partial charge is 0.267 e. The molecule has 34 heavy (non-hydrogen) atoms. The summed E-state index contributed by atoms with van der Waals surface area (Å²) in [5.41, 5.74) is 2.90. The van der Waals surface area contributed by atoms with Crippen molar-refractivity contribution < 1.29 is 9.21 Å². The van der Waals surface area contributed by atoms with E-state index in [0.29, 0.717) is 31.4 Å². The van der Waals surface area contributed by atoms with Gasteiger partial charge in [-0.2, -0.15) is 5.10 Å². The molecule has 0 N–H and O–H groups in total. The first-order chi connectivity index (χ1) is 16.2. The fraction of sp³-hybridized carbons (Fsp3) is 0.192. The molecule has 2 aromatic carbocycles. The number of benzene rings is 2. The second-order valence-corrected chi connectivity index (χ2v) is 10.5. The average molecular weight is 512 g/mol. The second kappa shape index (κ2) is 10.2. The SMILES string of the molecule is CC(C)(C)c1ccc(/C=N\N=C2\S/C(=C\c3cccc(Cl)c3Cl)C(=O)N2Cc2ccco2)cc1. The van der Waals surface area contributed by atoms with Crippen LogP contribution in [0.25, 0.3) is 6.08 Å². The molecule has 1 aliphatic rings. The Morgan fingerprint density at radius 3 is 2.50 bits per heavy atom. The molecule has 174 valence electrons. The molecule has 0 bridgehead atoms. The van der Waals surface area contributed by atoms with E-state index in [0.717, 1.165) is 5.56 Å². The van der Waals surface area contributed by atoms with Gasteiger partial charge in [-0.15, -0.1) is 5.10 Å². The molecule has 0 aliphatic carbocycles. The van der Waals surface area contributed by atoms with Crippen LogP contribution in [0.15, 0.2) is 80.4 Å². The summed E-state index contributed by atoms with van der Waals surface area (Å²) in [4.78, 5) is 15.2. The van der Waals surface area contributed by atoms with Crippen LogP contribution in [0.1, 0.15) is 43.2 Å². The third kappa shape index (κ3) is 5.63. The van der Waals surface area contributed by atoms with Gasteiger partial charge in [-0.05, 0) is 58.1 Å². The largest absolute Gasteiger partial charge is 0.467 e. The van der Waals surface area contributed by atoms with Crippen LogP contribution >= 0.6 is 35.0 Å². The number of halogens is 2. The summed E-state index contributed by atoms with van der Waals surface area (Å²) in [6.45, 7) is 6.76. The van der Waals surface area contributed by atoms with Crippen molar-refractivity contribution in [3.8, 4) is 0 Å². The number of carbonyl (C=O) groups excluding carboxylic acids is 1. The van der Waals surface area contributed by atoms with Gasteiger partial charge in [0.1, 0.15) is 5.76 Å². The average Bonchev–Trinajstić information content (AvgIpc) is 3.41. The van der Waals surface area contributed by atoms with E-state index in [1.165, 1.54) is 22.2 Å². The highest BCUT2D eigenvalue weighted by Gasteiger charge is 2.34. The third-order valence-electron chi connectivity index (χ3n) is 5.18. The zero-order chi connectivity index (χ0) is 24.3. The summed E-state index contributed by atoms with van der Waals surface area (Å²) < 4.78 is 5.44. The highest BCUT2D eigenvalue weighted by molar-refractivity contribution is 8.18. The first-order valence-corrected chi connectivity index (χ1v) is 12.2. The quantitative estimate of drug-likeness (QED) is 0.203. The van der Waals surface area contributed by atoms with Crippen LogP contribution in [0.5, 0.6) is 0 Å². The lowest BCUT2D eigenvalue weighted by Crippen LogP contribution is -2.28. The van der Waals surface area contributed by atoms with Crippen molar-refractivity contribution >= 4 is 58.3 Å². The Morgan fingerprint density at radius 1 is 1.06 bits per heavy atom. The topological polar surface area (TPSA) is 58.2 Å². The monoisotopic (exact) mass is 511 g/mol. The summed E-state index contributed by atoms with van der Waals surface area (Å²) >= 11 is 13.7. The molecular formula is C26H23Cl2N3O2S. The molecule has 0 atom stereocenters. The molecule has 0 spiro atoms. The van der Waals surface area contributed by atoms with Crippen LogP contribution in [0, 0.1) is 0 Å². The lowest BCUT2D eigenvalue weighted by molar-refractivity contribution is -0.122. The summed E-state index contributed by atoms with van der Waals surface area (Å²) in [5.74, 6) is 0.436. The van der Waals surface area contributed by atoms with Crippen LogP contribution in [-0.2, 0) is 16.8 Å². The maximum atomic E-state index is 13.2. The van der Waals surface area contributed by atoms with Gasteiger partial charge in [0.05, 0.1) is 34.0 Å². The number of hydrogen-bond acceptors (Lipinski definition) is 5. The van der Waals surface area contributed by atoms with E-state index < -0.39 is 0 Å². The Kier molecular flexibility index (Phi) is 7.31. The summed E-state index contributed by atoms with van der Waals surface area (Å²) in [6, 6.07) is 17.1. The number of furan rings is 1. The standard InChI is InChI=1S/C26H23Cl2N3O2S/c1-26(2,3)19-11-9-17(10-12-19)15-29-30-25-31(16-20-7-5-13-33-20)24(32)22(34-25)14-18-6-4-8-21(27)23(18)28/h4-15H,16H2,1-3H3/b22-14-,29-15-,30-25+. The lowest BCUT2D eigenvalue weighted by Gasteiger charge is -2.18. The molecule has 0 saturated carbocycles. The normalized spacial score (nSPS) is 17.0. The summed E-state index contributed by atoms with van der Waals surface area (Å²) in [7, 11) is 0. The molecule has 3 aromatic rings. The molecule has 1 aromatic heterocycles. The molecular weight excluding hydrogens is 489 g/mol. The van der Waals surface area contributed by atoms with Gasteiger partial charge in [0, 0.05) is 0 Å². The molecule has 1 amide bonds. The van der Waals surface area contributed by atoms with Crippen molar-refractivity contribution in [1.82, 2.24) is 4.90 Å². The second-order valence-electron chi connectivity index (χ2n) is 8.72. The van der Waals surface area contributed by atoms with Crippen molar-refractivity contribution in [3.05, 3.63) is 98.3 Å². The maximum absolute atomic E-state index is 13.2. The molecule has 0 radical (unpaired) electrons. The minimum absolute atomic E-state index is 0.0811. The van der Waals surface area contributed by atoms with Crippen LogP contribution in [0.2, 0.25) is 10.0 Å². The van der Waals surface area contributed by atoms with E-state index >= 15 is 0 Å². The van der Waals surface area contributed by atoms with Crippen molar-refractivity contribution in [1.29, 1.82) is 0 Å². The van der Waals surface area contributed by atoms with Gasteiger partial charge in [-0.25, -0.2) is 0 Å². The van der Waals surface area contributed by atoms with Gasteiger partial charge in [0.2, 0.25) is 0 Å². The van der Waals surface area contributed by atoms with E-state index in [9.17, 15) is 4.79 Å². The summed E-state index contributed by atoms with van der Waals surface area (Å²) in [5, 5.41) is 9.86. The Bertz CT molecular complexity index is 1270. The minimum atomic E-state index is -0.207. The number of hydrogen-bond donors (Lipinski definition) is 0. The van der Waals surface area contributed by atoms with Crippen LogP contribution in [0.4, 0.5) is 0 Å². The van der Waals surface area contributed by atoms with E-state index in [2.05, 4.69) is 43.1 Å². The Labute approximate surface area is 213 Å². The van der Waals surface area contributed by atoms with Crippen molar-refractivity contribution in [3.63, 3.8) is 0 Å². The van der Waals surface area contributed by atoms with Gasteiger partial charge in [-0.3, -0.25) is 9.69 Å². The van der Waals surface area contributed by atoms with Gasteiger partial charge in [0.25, 0.3) is 5.91 Å². The fourth-order valence-corrected chi connectivity index (χ4v) is 4.56. The number of rotatable bonds is 5. The zero-order valence-electron chi connectivity index (χ0n) is 19.0. The first-order valence-electron chi connectivity index (χ1n) is 10.6. The predicted molar refractivity (Wildman–Crippen MR) is 141 cm³/mol. The van der Waals surface area contributed by atoms with E-state index in [-0.39, 0.29) is 17.9 Å². The molecule has 8 heteroatoms. The van der Waals surface area contributed by atoms with Gasteiger partial charge in [0.15, 0.2) is 5.17 Å². The fourth-order valence-electron chi connectivity index (χ4n) is 3.27. The van der Waals surface area contributed by atoms with Gasteiger partial charge in [-0.1, -0.05) is 80.4 Å². The Hall–Kier alpha value is -2.80. The van der Waals surface area contributed by atoms with E-state index in [1.807, 2.05) is 18.2 Å². The van der Waals surface area contributed by atoms with Crippen molar-refractivity contribution in [2.75, 3.05) is 0 Å². The molecule has 0 unspecified atom stereocenters. The Balaban J connectivity index is 1.61. The minimum Gasteiger partial charge on any atom is -0.467 e. The number of amides is 1. The molecule has 1 saturated heterocycles. The van der Waals surface area contributed by atoms with Crippen LogP contribution in [-0.4, -0.2) is 22.2 Å². The van der Waals surface area contributed by atoms with E-state index in [4.69, 9.17) is 27.6 Å². The summed E-state index contributed by atoms with van der Waals surface area (Å²) in [6.07, 6.45) is 4.96. The highest BCUT2D eigenvalue weighted by atomic mass is 35.5. The number of carbonyl (C=O) groups is 1. The maximum Gasteiger partial charge on any atom is 0.267 e. The molecule has 5 nitrogen and oxygen atoms in total. The molecule has 4 rings (SSSR count). The third-order valence-corrected chi connectivity index (χ3v) is 7.01. The molecule has 1 fully saturated rings. The number of nitrogens with zero attached hydrogens (tertiary/aromatic N) is 3. The lowest BCUT2D eigenvalue weighted by atomic mass is 9.87. The number of thioether (sulfide) groups is 1. The zero-order valence-corrected chi connectivity index (χ0v) is 21.3. The molecule has 1 aliphatic heterocycles. The highest BCUT2D eigenvalue weighted by Crippen LogP contribution is 2.36. The van der Waals surface area contributed by atoms with E-state index in [1.54, 1.807) is 42.8 Å². The van der Waals surface area contributed by atoms with Crippen molar-refractivity contribution in [2.24, 2.45) is 10.2 Å². The van der Waals surface area contributed by atoms with Crippen molar-refractivity contribution in [2.45, 2.75) is 32.7 Å². The van der Waals surface area contributed by atoms with Crippen LogP contribution < -0.4 is 0 Å². The Morgan fingerprint density at radius 2 is 1.82 bits per heavy atom. The van der Waals surface area contributed by atoms with Gasteiger partial charge >= 0.3 is 0 Å². The number of amidine groups is 1.